The summed E-state index contributed by atoms with van der Waals surface area (Å²) in [5.74, 6) is 0.236. The fourth-order valence-corrected chi connectivity index (χ4v) is 3.31. The average molecular weight is 328 g/mol. The molecule has 1 amide bonds. The molecule has 6 heteroatoms. The fourth-order valence-electron chi connectivity index (χ4n) is 3.31. The minimum absolute atomic E-state index is 0.0252. The number of hydrogen-bond acceptors (Lipinski definition) is 4. The molecule has 1 aromatic heterocycles. The van der Waals surface area contributed by atoms with Crippen molar-refractivity contribution in [1.29, 1.82) is 0 Å². The van der Waals surface area contributed by atoms with E-state index in [4.69, 9.17) is 9.47 Å². The third-order valence-electron chi connectivity index (χ3n) is 4.47. The predicted molar refractivity (Wildman–Crippen MR) is 85.3 cm³/mol. The summed E-state index contributed by atoms with van der Waals surface area (Å²) in [6.07, 6.45) is 4.64. The minimum atomic E-state index is -0.371. The van der Waals surface area contributed by atoms with E-state index in [1.54, 1.807) is 24.3 Å². The van der Waals surface area contributed by atoms with Crippen LogP contribution < -0.4 is 10.1 Å². The van der Waals surface area contributed by atoms with Gasteiger partial charge in [0.25, 0.3) is 0 Å². The van der Waals surface area contributed by atoms with Crippen LogP contribution in [0.5, 0.6) is 11.6 Å². The smallest absolute Gasteiger partial charge is 0.230 e. The molecule has 0 unspecified atom stereocenters. The fraction of sp³-hybridized carbons (Fsp3) is 0.333. The lowest BCUT2D eigenvalue weighted by Gasteiger charge is -2.17. The first-order chi connectivity index (χ1) is 11.7. The van der Waals surface area contributed by atoms with Crippen LogP contribution in [0.4, 0.5) is 10.1 Å². The van der Waals surface area contributed by atoms with Crippen LogP contribution in [0.2, 0.25) is 0 Å². The van der Waals surface area contributed by atoms with E-state index in [1.165, 1.54) is 18.3 Å². The van der Waals surface area contributed by atoms with Crippen molar-refractivity contribution >= 4 is 11.6 Å². The minimum Gasteiger partial charge on any atom is -0.439 e. The van der Waals surface area contributed by atoms with Crippen LogP contribution in [0.1, 0.15) is 19.3 Å². The molecule has 0 aliphatic carbocycles. The largest absolute Gasteiger partial charge is 0.439 e. The second-order valence-electron chi connectivity index (χ2n) is 6.15. The Balaban J connectivity index is 1.38. The summed E-state index contributed by atoms with van der Waals surface area (Å²) >= 11 is 0. The normalized spacial score (nSPS) is 24.8. The number of fused-ring (bicyclic) bond motifs is 2. The van der Waals surface area contributed by atoms with Crippen molar-refractivity contribution in [3.8, 4) is 11.6 Å². The second kappa shape index (κ2) is 6.20. The number of aromatic nitrogens is 1. The van der Waals surface area contributed by atoms with Crippen LogP contribution in [-0.4, -0.2) is 23.1 Å². The maximum absolute atomic E-state index is 13.1. The van der Waals surface area contributed by atoms with Crippen molar-refractivity contribution in [1.82, 2.24) is 4.98 Å². The number of nitrogens with zero attached hydrogens (tertiary/aromatic N) is 1. The lowest BCUT2D eigenvalue weighted by atomic mass is 9.88. The summed E-state index contributed by atoms with van der Waals surface area (Å²) in [5.41, 5.74) is 0.606. The third kappa shape index (κ3) is 3.10. The summed E-state index contributed by atoms with van der Waals surface area (Å²) in [4.78, 5) is 16.5. The second-order valence-corrected chi connectivity index (χ2v) is 6.15. The van der Waals surface area contributed by atoms with Gasteiger partial charge in [0.1, 0.15) is 11.6 Å². The first kappa shape index (κ1) is 15.1. The first-order valence-electron chi connectivity index (χ1n) is 8.03. The topological polar surface area (TPSA) is 60.5 Å². The Kier molecular flexibility index (Phi) is 3.90. The third-order valence-corrected chi connectivity index (χ3v) is 4.47. The summed E-state index contributed by atoms with van der Waals surface area (Å²) < 4.78 is 24.3. The van der Waals surface area contributed by atoms with Gasteiger partial charge in [-0.05, 0) is 37.5 Å². The molecule has 0 spiro atoms. The van der Waals surface area contributed by atoms with E-state index in [0.29, 0.717) is 17.3 Å². The summed E-state index contributed by atoms with van der Waals surface area (Å²) in [5, 5.41) is 2.87. The number of hydrogen-bond donors (Lipinski definition) is 1. The van der Waals surface area contributed by atoms with Gasteiger partial charge in [-0.1, -0.05) is 6.07 Å². The zero-order valence-electron chi connectivity index (χ0n) is 12.9. The monoisotopic (exact) mass is 328 g/mol. The number of halogens is 1. The van der Waals surface area contributed by atoms with Crippen molar-refractivity contribution in [2.24, 2.45) is 5.92 Å². The van der Waals surface area contributed by atoms with Crippen molar-refractivity contribution in [2.75, 3.05) is 5.32 Å². The van der Waals surface area contributed by atoms with Gasteiger partial charge < -0.3 is 14.8 Å². The molecule has 2 bridgehead atoms. The summed E-state index contributed by atoms with van der Waals surface area (Å²) in [6.45, 7) is 0. The van der Waals surface area contributed by atoms with E-state index in [9.17, 15) is 9.18 Å². The molecule has 5 nitrogen and oxygen atoms in total. The molecule has 2 aromatic rings. The number of rotatable bonds is 4. The maximum atomic E-state index is 13.1. The maximum Gasteiger partial charge on any atom is 0.230 e. The number of anilines is 1. The number of pyridine rings is 1. The molecular weight excluding hydrogens is 311 g/mol. The number of carbonyl (C=O) groups excluding carboxylic acids is 1. The molecule has 24 heavy (non-hydrogen) atoms. The molecule has 1 N–H and O–H groups in total. The van der Waals surface area contributed by atoms with E-state index in [2.05, 4.69) is 10.3 Å². The van der Waals surface area contributed by atoms with Gasteiger partial charge in [0, 0.05) is 12.1 Å². The summed E-state index contributed by atoms with van der Waals surface area (Å²) in [7, 11) is 0. The van der Waals surface area contributed by atoms with Gasteiger partial charge in [0.2, 0.25) is 11.8 Å². The van der Waals surface area contributed by atoms with E-state index in [0.717, 1.165) is 19.3 Å². The molecule has 4 rings (SSSR count). The molecule has 0 saturated carbocycles. The highest BCUT2D eigenvalue weighted by Gasteiger charge is 2.44. The molecule has 3 heterocycles. The van der Waals surface area contributed by atoms with Crippen LogP contribution in [0.25, 0.3) is 0 Å². The molecular formula is C18H17FN2O3. The van der Waals surface area contributed by atoms with Crippen LogP contribution in [-0.2, 0) is 9.53 Å². The van der Waals surface area contributed by atoms with Crippen LogP contribution in [0.3, 0.4) is 0 Å². The van der Waals surface area contributed by atoms with Gasteiger partial charge in [0.15, 0.2) is 0 Å². The molecule has 2 saturated heterocycles. The average Bonchev–Trinajstić information content (AvgIpc) is 3.20. The van der Waals surface area contributed by atoms with Crippen LogP contribution in [0.15, 0.2) is 42.6 Å². The van der Waals surface area contributed by atoms with Gasteiger partial charge in [-0.25, -0.2) is 9.37 Å². The van der Waals surface area contributed by atoms with Gasteiger partial charge in [-0.2, -0.15) is 0 Å². The number of amides is 1. The lowest BCUT2D eigenvalue weighted by Crippen LogP contribution is -2.30. The molecule has 124 valence electrons. The standard InChI is InChI=1S/C18H17FN2O3/c19-11-2-1-3-13(8-11)24-17-7-4-12(10-20-17)21-18(22)15-9-14-5-6-16(15)23-14/h1-4,7-8,10,14-16H,5-6,9H2,(H,21,22)/t14-,15-,16-/m1/s1. The van der Waals surface area contributed by atoms with E-state index in [1.807, 2.05) is 0 Å². The van der Waals surface area contributed by atoms with E-state index >= 15 is 0 Å². The van der Waals surface area contributed by atoms with Crippen molar-refractivity contribution < 1.29 is 18.7 Å². The Labute approximate surface area is 138 Å². The van der Waals surface area contributed by atoms with Gasteiger partial charge in [-0.3, -0.25) is 4.79 Å². The Morgan fingerprint density at radius 1 is 1.29 bits per heavy atom. The molecule has 2 aliphatic heterocycles. The molecule has 2 aliphatic rings. The Hall–Kier alpha value is -2.47. The van der Waals surface area contributed by atoms with Crippen LogP contribution >= 0.6 is 0 Å². The zero-order valence-corrected chi connectivity index (χ0v) is 12.9. The highest BCUT2D eigenvalue weighted by Crippen LogP contribution is 2.39. The predicted octanol–water partition coefficient (Wildman–Crippen LogP) is 3.52. The highest BCUT2D eigenvalue weighted by molar-refractivity contribution is 5.93. The van der Waals surface area contributed by atoms with Crippen LogP contribution in [0, 0.1) is 11.7 Å². The lowest BCUT2D eigenvalue weighted by molar-refractivity contribution is -0.121. The first-order valence-corrected chi connectivity index (χ1v) is 8.03. The zero-order chi connectivity index (χ0) is 16.5. The van der Waals surface area contributed by atoms with Gasteiger partial charge >= 0.3 is 0 Å². The number of nitrogens with one attached hydrogen (secondary N) is 1. The SMILES string of the molecule is O=C(Nc1ccc(Oc2cccc(F)c2)nc1)[C@@H]1C[C@H]2CC[C@H]1O2. The van der Waals surface area contributed by atoms with Gasteiger partial charge in [-0.15, -0.1) is 0 Å². The summed E-state index contributed by atoms with van der Waals surface area (Å²) in [6, 6.07) is 9.20. The van der Waals surface area contributed by atoms with Crippen molar-refractivity contribution in [3.05, 3.63) is 48.4 Å². The molecule has 1 aromatic carbocycles. The number of benzene rings is 1. The van der Waals surface area contributed by atoms with Gasteiger partial charge in [0.05, 0.1) is 30.0 Å². The molecule has 0 radical (unpaired) electrons. The molecule has 2 fully saturated rings. The Bertz CT molecular complexity index is 750. The quantitative estimate of drug-likeness (QED) is 0.933. The number of carbonyl (C=O) groups is 1. The molecule has 3 atom stereocenters. The van der Waals surface area contributed by atoms with E-state index in [-0.39, 0.29) is 29.9 Å². The van der Waals surface area contributed by atoms with Crippen molar-refractivity contribution in [3.63, 3.8) is 0 Å². The highest BCUT2D eigenvalue weighted by atomic mass is 19.1. The van der Waals surface area contributed by atoms with Crippen molar-refractivity contribution in [2.45, 2.75) is 31.5 Å². The Morgan fingerprint density at radius 3 is 2.88 bits per heavy atom. The van der Waals surface area contributed by atoms with E-state index < -0.39 is 0 Å². The Morgan fingerprint density at radius 2 is 2.21 bits per heavy atom. The number of ether oxygens (including phenoxy) is 2.